The van der Waals surface area contributed by atoms with Crippen molar-refractivity contribution in [3.8, 4) is 0 Å². The van der Waals surface area contributed by atoms with Crippen molar-refractivity contribution >= 4 is 10.0 Å². The van der Waals surface area contributed by atoms with Crippen LogP contribution in [0.3, 0.4) is 0 Å². The van der Waals surface area contributed by atoms with E-state index in [9.17, 15) is 12.8 Å². The average molecular weight is 351 g/mol. The highest BCUT2D eigenvalue weighted by molar-refractivity contribution is 7.90. The lowest BCUT2D eigenvalue weighted by Gasteiger charge is -2.23. The number of nitrogens with zero attached hydrogens (tertiary/aromatic N) is 2. The number of halogens is 1. The van der Waals surface area contributed by atoms with Gasteiger partial charge in [-0.05, 0) is 29.8 Å². The summed E-state index contributed by atoms with van der Waals surface area (Å²) in [5.41, 5.74) is 1.32. The second-order valence-corrected chi connectivity index (χ2v) is 7.55. The third kappa shape index (κ3) is 3.62. The zero-order valence-corrected chi connectivity index (χ0v) is 13.9. The maximum atomic E-state index is 13.1. The highest BCUT2D eigenvalue weighted by atomic mass is 32.2. The molecule has 2 heterocycles. The van der Waals surface area contributed by atoms with Gasteiger partial charge in [0.1, 0.15) is 11.1 Å². The third-order valence-corrected chi connectivity index (χ3v) is 5.71. The number of hydrogen-bond acceptors (Lipinski definition) is 5. The Balaban J connectivity index is 1.79. The number of nitrogens with one attached hydrogen (secondary N) is 1. The summed E-state index contributed by atoms with van der Waals surface area (Å²) in [7, 11) is -1.98. The van der Waals surface area contributed by atoms with Crippen molar-refractivity contribution in [1.82, 2.24) is 14.8 Å². The molecule has 1 saturated heterocycles. The molecule has 1 aromatic carbocycles. The van der Waals surface area contributed by atoms with Gasteiger partial charge in [0, 0.05) is 13.2 Å². The average Bonchev–Trinajstić information content (AvgIpc) is 2.97. The van der Waals surface area contributed by atoms with E-state index in [1.807, 2.05) is 0 Å². The SMILES string of the molecule is CN1OCC(S(=O)(=O)NCc2ccccn2)C1c1ccc(F)cc1. The molecule has 128 valence electrons. The number of rotatable bonds is 5. The van der Waals surface area contributed by atoms with Crippen LogP contribution in [0.2, 0.25) is 0 Å². The van der Waals surface area contributed by atoms with E-state index in [0.29, 0.717) is 11.3 Å². The lowest BCUT2D eigenvalue weighted by Crippen LogP contribution is -2.39. The van der Waals surface area contributed by atoms with Crippen molar-refractivity contribution in [1.29, 1.82) is 0 Å². The summed E-state index contributed by atoms with van der Waals surface area (Å²) in [6.45, 7) is 0.148. The van der Waals surface area contributed by atoms with E-state index in [-0.39, 0.29) is 19.0 Å². The lowest BCUT2D eigenvalue weighted by atomic mass is 10.0. The molecule has 1 aliphatic heterocycles. The molecule has 0 aliphatic carbocycles. The zero-order valence-electron chi connectivity index (χ0n) is 13.1. The Labute approximate surface area is 140 Å². The Morgan fingerprint density at radius 2 is 2.04 bits per heavy atom. The van der Waals surface area contributed by atoms with Gasteiger partial charge in [0.2, 0.25) is 10.0 Å². The van der Waals surface area contributed by atoms with E-state index in [4.69, 9.17) is 4.84 Å². The molecular weight excluding hydrogens is 333 g/mol. The fraction of sp³-hybridized carbons (Fsp3) is 0.312. The van der Waals surface area contributed by atoms with Gasteiger partial charge in [-0.2, -0.15) is 5.06 Å². The molecule has 0 radical (unpaired) electrons. The van der Waals surface area contributed by atoms with E-state index >= 15 is 0 Å². The van der Waals surface area contributed by atoms with Gasteiger partial charge in [-0.3, -0.25) is 9.82 Å². The van der Waals surface area contributed by atoms with Gasteiger partial charge in [-0.25, -0.2) is 17.5 Å². The Morgan fingerprint density at radius 3 is 2.71 bits per heavy atom. The highest BCUT2D eigenvalue weighted by Crippen LogP contribution is 2.33. The molecule has 0 amide bonds. The molecule has 1 fully saturated rings. The van der Waals surface area contributed by atoms with E-state index in [1.165, 1.54) is 17.2 Å². The topological polar surface area (TPSA) is 71.5 Å². The van der Waals surface area contributed by atoms with E-state index < -0.39 is 21.3 Å². The van der Waals surface area contributed by atoms with Crippen LogP contribution >= 0.6 is 0 Å². The summed E-state index contributed by atoms with van der Waals surface area (Å²) in [4.78, 5) is 9.51. The standard InChI is InChI=1S/C16H18FN3O3S/c1-20-16(12-5-7-13(17)8-6-12)15(11-23-20)24(21,22)19-10-14-4-2-3-9-18-14/h2-9,15-16,19H,10-11H2,1H3. The maximum Gasteiger partial charge on any atom is 0.219 e. The van der Waals surface area contributed by atoms with Gasteiger partial charge in [-0.15, -0.1) is 0 Å². The van der Waals surface area contributed by atoms with Crippen molar-refractivity contribution in [2.45, 2.75) is 17.8 Å². The van der Waals surface area contributed by atoms with Crippen molar-refractivity contribution in [2.75, 3.05) is 13.7 Å². The molecule has 24 heavy (non-hydrogen) atoms. The molecule has 6 nitrogen and oxygen atoms in total. The fourth-order valence-corrected chi connectivity index (χ4v) is 4.20. The first kappa shape index (κ1) is 17.0. The second kappa shape index (κ2) is 6.94. The number of sulfonamides is 1. The second-order valence-electron chi connectivity index (χ2n) is 5.56. The predicted octanol–water partition coefficient (Wildman–Crippen LogP) is 1.63. The first-order valence-corrected chi connectivity index (χ1v) is 9.01. The number of hydrogen-bond donors (Lipinski definition) is 1. The van der Waals surface area contributed by atoms with Crippen LogP contribution in [0.5, 0.6) is 0 Å². The fourth-order valence-electron chi connectivity index (χ4n) is 2.72. The number of hydroxylamine groups is 2. The number of aromatic nitrogens is 1. The van der Waals surface area contributed by atoms with Gasteiger partial charge < -0.3 is 0 Å². The third-order valence-electron chi connectivity index (χ3n) is 3.98. The molecule has 3 rings (SSSR count). The van der Waals surface area contributed by atoms with Crippen LogP contribution in [-0.4, -0.2) is 37.4 Å². The van der Waals surface area contributed by atoms with Crippen molar-refractivity contribution in [3.05, 3.63) is 65.7 Å². The number of pyridine rings is 1. The molecule has 0 saturated carbocycles. The van der Waals surface area contributed by atoms with Crippen LogP contribution in [0.4, 0.5) is 4.39 Å². The summed E-state index contributed by atoms with van der Waals surface area (Å²) < 4.78 is 41.1. The number of benzene rings is 1. The van der Waals surface area contributed by atoms with Crippen molar-refractivity contribution in [2.24, 2.45) is 0 Å². The molecule has 0 bridgehead atoms. The Hall–Kier alpha value is -1.87. The molecule has 2 aromatic rings. The monoisotopic (exact) mass is 351 g/mol. The summed E-state index contributed by atoms with van der Waals surface area (Å²) >= 11 is 0. The Kier molecular flexibility index (Phi) is 4.91. The molecule has 0 spiro atoms. The molecular formula is C16H18FN3O3S. The van der Waals surface area contributed by atoms with Crippen LogP contribution in [0.15, 0.2) is 48.7 Å². The van der Waals surface area contributed by atoms with Crippen LogP contribution in [0.25, 0.3) is 0 Å². The lowest BCUT2D eigenvalue weighted by molar-refractivity contribution is -0.110. The quantitative estimate of drug-likeness (QED) is 0.886. The minimum atomic E-state index is -3.65. The summed E-state index contributed by atoms with van der Waals surface area (Å²) in [5.74, 6) is -0.368. The van der Waals surface area contributed by atoms with Crippen molar-refractivity contribution in [3.63, 3.8) is 0 Å². The van der Waals surface area contributed by atoms with Gasteiger partial charge in [0.25, 0.3) is 0 Å². The molecule has 1 N–H and O–H groups in total. The van der Waals surface area contributed by atoms with Crippen LogP contribution in [-0.2, 0) is 21.4 Å². The van der Waals surface area contributed by atoms with E-state index in [2.05, 4.69) is 9.71 Å². The first-order valence-electron chi connectivity index (χ1n) is 7.47. The van der Waals surface area contributed by atoms with E-state index in [0.717, 1.165) is 0 Å². The van der Waals surface area contributed by atoms with Gasteiger partial charge in [-0.1, -0.05) is 18.2 Å². The van der Waals surface area contributed by atoms with Crippen molar-refractivity contribution < 1.29 is 17.6 Å². The molecule has 2 unspecified atom stereocenters. The molecule has 8 heteroatoms. The van der Waals surface area contributed by atoms with Gasteiger partial charge >= 0.3 is 0 Å². The minimum absolute atomic E-state index is 0.0378. The normalized spacial score (nSPS) is 21.9. The minimum Gasteiger partial charge on any atom is -0.297 e. The zero-order chi connectivity index (χ0) is 17.2. The Bertz CT molecular complexity index is 784. The predicted molar refractivity (Wildman–Crippen MR) is 86.6 cm³/mol. The van der Waals surface area contributed by atoms with Gasteiger partial charge in [0.05, 0.1) is 24.9 Å². The molecule has 1 aromatic heterocycles. The van der Waals surface area contributed by atoms with Crippen LogP contribution < -0.4 is 4.72 Å². The van der Waals surface area contributed by atoms with Gasteiger partial charge in [0.15, 0.2) is 0 Å². The van der Waals surface area contributed by atoms with Crippen LogP contribution in [0.1, 0.15) is 17.3 Å². The summed E-state index contributed by atoms with van der Waals surface area (Å²) in [6, 6.07) is 10.6. The smallest absolute Gasteiger partial charge is 0.219 e. The highest BCUT2D eigenvalue weighted by Gasteiger charge is 2.43. The molecule has 2 atom stereocenters. The largest absolute Gasteiger partial charge is 0.297 e. The van der Waals surface area contributed by atoms with Crippen LogP contribution in [0, 0.1) is 5.82 Å². The first-order chi connectivity index (χ1) is 11.5. The summed E-state index contributed by atoms with van der Waals surface area (Å²) in [6.07, 6.45) is 1.61. The Morgan fingerprint density at radius 1 is 1.29 bits per heavy atom. The summed E-state index contributed by atoms with van der Waals surface area (Å²) in [5, 5.41) is 0.703. The maximum absolute atomic E-state index is 13.1. The van der Waals surface area contributed by atoms with E-state index in [1.54, 1.807) is 43.6 Å². The molecule has 1 aliphatic rings.